The lowest BCUT2D eigenvalue weighted by atomic mass is 10.3. The van der Waals surface area contributed by atoms with Crippen LogP contribution in [0, 0.1) is 0 Å². The number of aromatic nitrogens is 2. The molecule has 2 aromatic rings. The number of hydrogen-bond donors (Lipinski definition) is 1. The second kappa shape index (κ2) is 3.41. The van der Waals surface area contributed by atoms with Gasteiger partial charge in [-0.15, -0.1) is 0 Å². The fourth-order valence-electron chi connectivity index (χ4n) is 1.29. The molecule has 0 aliphatic carbocycles. The molecule has 0 aliphatic heterocycles. The van der Waals surface area contributed by atoms with E-state index >= 15 is 0 Å². The summed E-state index contributed by atoms with van der Waals surface area (Å²) in [4.78, 5) is 0. The lowest BCUT2D eigenvalue weighted by molar-refractivity contribution is 0.804. The van der Waals surface area contributed by atoms with Crippen LogP contribution in [0.25, 0.3) is 5.69 Å². The van der Waals surface area contributed by atoms with Crippen LogP contribution in [0.1, 0.15) is 5.69 Å². The zero-order valence-electron chi connectivity index (χ0n) is 7.22. The first-order valence-electron chi connectivity index (χ1n) is 4.20. The molecule has 0 amide bonds. The van der Waals surface area contributed by atoms with Gasteiger partial charge in [0, 0.05) is 12.7 Å². The van der Waals surface area contributed by atoms with Crippen LogP contribution in [0.4, 0.5) is 0 Å². The molecule has 13 heavy (non-hydrogen) atoms. The second-order valence-corrected chi connectivity index (χ2v) is 2.77. The summed E-state index contributed by atoms with van der Waals surface area (Å²) in [5, 5.41) is 4.19. The van der Waals surface area contributed by atoms with Crippen LogP contribution in [0.2, 0.25) is 0 Å². The lowest BCUT2D eigenvalue weighted by Crippen LogP contribution is -2.06. The van der Waals surface area contributed by atoms with E-state index in [1.807, 2.05) is 41.1 Å². The first kappa shape index (κ1) is 8.01. The normalized spacial score (nSPS) is 10.2. The van der Waals surface area contributed by atoms with Crippen molar-refractivity contribution >= 4 is 0 Å². The van der Waals surface area contributed by atoms with E-state index < -0.39 is 0 Å². The van der Waals surface area contributed by atoms with Gasteiger partial charge in [0.1, 0.15) is 0 Å². The Morgan fingerprint density at radius 3 is 2.62 bits per heavy atom. The van der Waals surface area contributed by atoms with E-state index in [2.05, 4.69) is 5.10 Å². The van der Waals surface area contributed by atoms with Crippen molar-refractivity contribution < 1.29 is 0 Å². The maximum Gasteiger partial charge on any atom is 0.0649 e. The SMILES string of the molecule is NCc1ccnn1-c1ccccc1. The molecule has 0 radical (unpaired) electrons. The van der Waals surface area contributed by atoms with E-state index in [4.69, 9.17) is 5.73 Å². The predicted octanol–water partition coefficient (Wildman–Crippen LogP) is 1.33. The smallest absolute Gasteiger partial charge is 0.0649 e. The predicted molar refractivity (Wildman–Crippen MR) is 51.5 cm³/mol. The Morgan fingerprint density at radius 1 is 1.15 bits per heavy atom. The van der Waals surface area contributed by atoms with Crippen LogP contribution < -0.4 is 5.73 Å². The first-order chi connectivity index (χ1) is 6.42. The summed E-state index contributed by atoms with van der Waals surface area (Å²) in [6, 6.07) is 11.9. The Labute approximate surface area is 76.8 Å². The van der Waals surface area contributed by atoms with Crippen LogP contribution in [0.5, 0.6) is 0 Å². The highest BCUT2D eigenvalue weighted by Crippen LogP contribution is 2.08. The third-order valence-electron chi connectivity index (χ3n) is 1.93. The summed E-state index contributed by atoms with van der Waals surface area (Å²) in [5.41, 5.74) is 7.64. The van der Waals surface area contributed by atoms with E-state index in [0.29, 0.717) is 6.54 Å². The van der Waals surface area contributed by atoms with Crippen LogP contribution in [-0.4, -0.2) is 9.78 Å². The van der Waals surface area contributed by atoms with Crippen LogP contribution in [0.15, 0.2) is 42.6 Å². The fourth-order valence-corrected chi connectivity index (χ4v) is 1.29. The topological polar surface area (TPSA) is 43.8 Å². The highest BCUT2D eigenvalue weighted by atomic mass is 15.3. The number of nitrogens with two attached hydrogens (primary N) is 1. The molecule has 3 heteroatoms. The van der Waals surface area contributed by atoms with Gasteiger partial charge in [-0.3, -0.25) is 0 Å². The molecule has 3 nitrogen and oxygen atoms in total. The van der Waals surface area contributed by atoms with Crippen molar-refractivity contribution in [3.8, 4) is 5.69 Å². The van der Waals surface area contributed by atoms with Crippen LogP contribution in [-0.2, 0) is 6.54 Å². The second-order valence-electron chi connectivity index (χ2n) is 2.77. The Kier molecular flexibility index (Phi) is 2.10. The molecule has 0 saturated carbocycles. The standard InChI is InChI=1S/C10H11N3/c11-8-10-6-7-12-13(10)9-4-2-1-3-5-9/h1-7H,8,11H2. The van der Waals surface area contributed by atoms with Crippen molar-refractivity contribution in [3.05, 3.63) is 48.3 Å². The quantitative estimate of drug-likeness (QED) is 0.744. The third kappa shape index (κ3) is 1.46. The summed E-state index contributed by atoms with van der Waals surface area (Å²) in [6.45, 7) is 0.509. The van der Waals surface area contributed by atoms with E-state index in [1.54, 1.807) is 6.20 Å². The molecular weight excluding hydrogens is 162 g/mol. The number of nitrogens with zero attached hydrogens (tertiary/aromatic N) is 2. The van der Waals surface area contributed by atoms with Crippen molar-refractivity contribution in [3.63, 3.8) is 0 Å². The molecule has 0 saturated heterocycles. The van der Waals surface area contributed by atoms with Gasteiger partial charge in [-0.1, -0.05) is 18.2 Å². The van der Waals surface area contributed by atoms with E-state index in [0.717, 1.165) is 11.4 Å². The number of rotatable bonds is 2. The number of para-hydroxylation sites is 1. The zero-order valence-corrected chi connectivity index (χ0v) is 7.22. The molecule has 66 valence electrons. The molecule has 0 fully saturated rings. The molecule has 2 N–H and O–H groups in total. The largest absolute Gasteiger partial charge is 0.325 e. The van der Waals surface area contributed by atoms with Gasteiger partial charge in [-0.25, -0.2) is 4.68 Å². The van der Waals surface area contributed by atoms with Gasteiger partial charge >= 0.3 is 0 Å². The average Bonchev–Trinajstić information content (AvgIpc) is 2.67. The molecule has 0 bridgehead atoms. The number of benzene rings is 1. The maximum atomic E-state index is 5.57. The van der Waals surface area contributed by atoms with E-state index in [1.165, 1.54) is 0 Å². The first-order valence-corrected chi connectivity index (χ1v) is 4.20. The minimum atomic E-state index is 0.509. The molecule has 0 spiro atoms. The van der Waals surface area contributed by atoms with Gasteiger partial charge in [0.05, 0.1) is 11.4 Å². The Hall–Kier alpha value is -1.61. The molecular formula is C10H11N3. The van der Waals surface area contributed by atoms with Crippen molar-refractivity contribution in [2.24, 2.45) is 5.73 Å². The van der Waals surface area contributed by atoms with Crippen molar-refractivity contribution in [1.82, 2.24) is 9.78 Å². The highest BCUT2D eigenvalue weighted by Gasteiger charge is 2.00. The maximum absolute atomic E-state index is 5.57. The van der Waals surface area contributed by atoms with Gasteiger partial charge in [0.2, 0.25) is 0 Å². The summed E-state index contributed by atoms with van der Waals surface area (Å²) in [5.74, 6) is 0. The summed E-state index contributed by atoms with van der Waals surface area (Å²) < 4.78 is 1.85. The molecule has 0 aliphatic rings. The van der Waals surface area contributed by atoms with Gasteiger partial charge in [0.25, 0.3) is 0 Å². The molecule has 0 unspecified atom stereocenters. The fraction of sp³-hybridized carbons (Fsp3) is 0.100. The Morgan fingerprint density at radius 2 is 1.92 bits per heavy atom. The van der Waals surface area contributed by atoms with Gasteiger partial charge in [-0.05, 0) is 18.2 Å². The lowest BCUT2D eigenvalue weighted by Gasteiger charge is -2.04. The third-order valence-corrected chi connectivity index (χ3v) is 1.93. The Balaban J connectivity index is 2.47. The summed E-state index contributed by atoms with van der Waals surface area (Å²) >= 11 is 0. The van der Waals surface area contributed by atoms with Gasteiger partial charge < -0.3 is 5.73 Å². The average molecular weight is 173 g/mol. The number of hydrogen-bond acceptors (Lipinski definition) is 2. The van der Waals surface area contributed by atoms with Crippen LogP contribution in [0.3, 0.4) is 0 Å². The van der Waals surface area contributed by atoms with Crippen molar-refractivity contribution in [2.75, 3.05) is 0 Å². The van der Waals surface area contributed by atoms with Crippen molar-refractivity contribution in [1.29, 1.82) is 0 Å². The molecule has 0 atom stereocenters. The summed E-state index contributed by atoms with van der Waals surface area (Å²) in [6.07, 6.45) is 1.76. The van der Waals surface area contributed by atoms with Gasteiger partial charge in [-0.2, -0.15) is 5.10 Å². The summed E-state index contributed by atoms with van der Waals surface area (Å²) in [7, 11) is 0. The van der Waals surface area contributed by atoms with Gasteiger partial charge in [0.15, 0.2) is 0 Å². The zero-order chi connectivity index (χ0) is 9.10. The molecule has 1 aromatic carbocycles. The van der Waals surface area contributed by atoms with E-state index in [-0.39, 0.29) is 0 Å². The Bertz CT molecular complexity index is 378. The molecule has 1 aromatic heterocycles. The van der Waals surface area contributed by atoms with Crippen LogP contribution >= 0.6 is 0 Å². The molecule has 1 heterocycles. The monoisotopic (exact) mass is 173 g/mol. The van der Waals surface area contributed by atoms with E-state index in [9.17, 15) is 0 Å². The minimum Gasteiger partial charge on any atom is -0.325 e. The highest BCUT2D eigenvalue weighted by molar-refractivity contribution is 5.32. The van der Waals surface area contributed by atoms with Crippen molar-refractivity contribution in [2.45, 2.75) is 6.54 Å². The minimum absolute atomic E-state index is 0.509. The molecule has 2 rings (SSSR count).